The Morgan fingerprint density at radius 2 is 1.89 bits per heavy atom. The number of hydrogen-bond donors (Lipinski definition) is 3. The summed E-state index contributed by atoms with van der Waals surface area (Å²) in [6.45, 7) is 5.22. The topological polar surface area (TPSA) is 140 Å². The van der Waals surface area contributed by atoms with E-state index in [1.807, 2.05) is 6.92 Å². The lowest BCUT2D eigenvalue weighted by molar-refractivity contribution is -0.119. The maximum Gasteiger partial charge on any atom is 0.356 e. The quantitative estimate of drug-likeness (QED) is 0.372. The highest BCUT2D eigenvalue weighted by atomic mass is 32.2. The molecule has 1 amide bonds. The number of benzene rings is 2. The first-order valence-electron chi connectivity index (χ1n) is 11.6. The van der Waals surface area contributed by atoms with Crippen molar-refractivity contribution in [2.75, 3.05) is 5.32 Å². The van der Waals surface area contributed by atoms with Crippen LogP contribution >= 0.6 is 0 Å². The zero-order chi connectivity index (χ0) is 26.0. The van der Waals surface area contributed by atoms with Gasteiger partial charge >= 0.3 is 5.97 Å². The Balaban J connectivity index is 1.80. The van der Waals surface area contributed by atoms with Crippen LogP contribution in [0.3, 0.4) is 0 Å². The van der Waals surface area contributed by atoms with Gasteiger partial charge in [0, 0.05) is 23.2 Å². The van der Waals surface area contributed by atoms with E-state index in [1.54, 1.807) is 50.2 Å². The number of para-hydroxylation sites is 1. The molecule has 2 aromatic carbocycles. The zero-order valence-corrected chi connectivity index (χ0v) is 21.0. The Bertz CT molecular complexity index is 1400. The van der Waals surface area contributed by atoms with Crippen molar-refractivity contribution in [3.63, 3.8) is 0 Å². The van der Waals surface area contributed by atoms with Gasteiger partial charge in [0.05, 0.1) is 5.69 Å². The number of aromatic nitrogens is 2. The van der Waals surface area contributed by atoms with E-state index in [4.69, 9.17) is 4.74 Å². The molecule has 0 aliphatic heterocycles. The highest BCUT2D eigenvalue weighted by molar-refractivity contribution is 7.89. The van der Waals surface area contributed by atoms with Crippen LogP contribution in [-0.4, -0.2) is 41.2 Å². The molecule has 10 nitrogen and oxygen atoms in total. The predicted molar refractivity (Wildman–Crippen MR) is 133 cm³/mol. The molecule has 36 heavy (non-hydrogen) atoms. The maximum atomic E-state index is 13.3. The number of sulfonamides is 1. The minimum Gasteiger partial charge on any atom is -0.476 e. The molecule has 4 rings (SSSR count). The highest BCUT2D eigenvalue weighted by Gasteiger charge is 2.31. The second kappa shape index (κ2) is 10.1. The molecule has 1 fully saturated rings. The first-order valence-corrected chi connectivity index (χ1v) is 13.1. The van der Waals surface area contributed by atoms with Gasteiger partial charge in [-0.25, -0.2) is 17.9 Å². The van der Waals surface area contributed by atoms with Gasteiger partial charge < -0.3 is 15.2 Å². The van der Waals surface area contributed by atoms with Crippen molar-refractivity contribution in [1.82, 2.24) is 14.5 Å². The number of anilines is 1. The average molecular weight is 513 g/mol. The van der Waals surface area contributed by atoms with Gasteiger partial charge in [-0.2, -0.15) is 9.78 Å². The number of ether oxygens (including phenoxy) is 1. The van der Waals surface area contributed by atoms with Gasteiger partial charge in [0.2, 0.25) is 21.8 Å². The smallest absolute Gasteiger partial charge is 0.356 e. The number of nitrogens with one attached hydrogen (secondary N) is 2. The number of carboxylic acid groups (broad SMARTS) is 1. The second-order valence-corrected chi connectivity index (χ2v) is 10.5. The summed E-state index contributed by atoms with van der Waals surface area (Å²) in [5.74, 6) is -1.67. The molecule has 1 atom stereocenters. The van der Waals surface area contributed by atoms with E-state index in [2.05, 4.69) is 15.1 Å². The van der Waals surface area contributed by atoms with E-state index in [9.17, 15) is 23.1 Å². The van der Waals surface area contributed by atoms with Crippen LogP contribution < -0.4 is 14.8 Å². The van der Waals surface area contributed by atoms with E-state index in [0.29, 0.717) is 17.8 Å². The van der Waals surface area contributed by atoms with Crippen LogP contribution in [-0.2, 0) is 14.8 Å². The van der Waals surface area contributed by atoms with Crippen LogP contribution in [0.1, 0.15) is 49.2 Å². The summed E-state index contributed by atoms with van der Waals surface area (Å²) in [7, 11) is -4.00. The van der Waals surface area contributed by atoms with E-state index in [0.717, 1.165) is 12.8 Å². The Morgan fingerprint density at radius 1 is 1.19 bits per heavy atom. The number of rotatable bonds is 10. The lowest BCUT2D eigenvalue weighted by Gasteiger charge is -2.16. The summed E-state index contributed by atoms with van der Waals surface area (Å²) >= 11 is 0. The molecule has 0 spiro atoms. The van der Waals surface area contributed by atoms with Gasteiger partial charge in [-0.15, -0.1) is 0 Å². The summed E-state index contributed by atoms with van der Waals surface area (Å²) in [5, 5.41) is 16.5. The van der Waals surface area contributed by atoms with E-state index in [1.165, 1.54) is 16.8 Å². The standard InChI is InChI=1S/C25H28N4O6S/c1-4-15(2)23(30)26-18-12-13-20(21(14-18)36(33,34)28-17-10-11-17)35-24-16(3)22(25(31)32)27-29(24)19-8-6-5-7-9-19/h5-9,12-15,17,28H,4,10-11H2,1-3H3,(H,26,30)(H,31,32)/t15-/m0/s1. The summed E-state index contributed by atoms with van der Waals surface area (Å²) in [4.78, 5) is 24.0. The van der Waals surface area contributed by atoms with E-state index in [-0.39, 0.29) is 45.6 Å². The van der Waals surface area contributed by atoms with Crippen molar-refractivity contribution in [2.24, 2.45) is 5.92 Å². The Hall–Kier alpha value is -3.70. The van der Waals surface area contributed by atoms with Crippen LogP contribution in [0.15, 0.2) is 53.4 Å². The molecule has 0 radical (unpaired) electrons. The summed E-state index contributed by atoms with van der Waals surface area (Å²) in [5.41, 5.74) is 0.871. The minimum absolute atomic E-state index is 0.0261. The van der Waals surface area contributed by atoms with Crippen molar-refractivity contribution in [3.05, 3.63) is 59.8 Å². The third-order valence-electron chi connectivity index (χ3n) is 5.94. The fourth-order valence-corrected chi connectivity index (χ4v) is 4.93. The number of hydrogen-bond acceptors (Lipinski definition) is 6. The molecular formula is C25H28N4O6S. The van der Waals surface area contributed by atoms with Crippen molar-refractivity contribution >= 4 is 27.6 Å². The molecule has 11 heteroatoms. The maximum absolute atomic E-state index is 13.3. The van der Waals surface area contributed by atoms with Gasteiger partial charge in [0.1, 0.15) is 10.6 Å². The second-order valence-electron chi connectivity index (χ2n) is 8.79. The molecule has 3 aromatic rings. The first-order chi connectivity index (χ1) is 17.1. The number of carbonyl (C=O) groups excluding carboxylic acids is 1. The normalized spacial score (nSPS) is 14.3. The molecule has 0 bridgehead atoms. The van der Waals surface area contributed by atoms with Crippen molar-refractivity contribution < 1.29 is 27.9 Å². The van der Waals surface area contributed by atoms with Gasteiger partial charge in [-0.3, -0.25) is 4.79 Å². The monoisotopic (exact) mass is 512 g/mol. The Morgan fingerprint density at radius 3 is 2.50 bits per heavy atom. The summed E-state index contributed by atoms with van der Waals surface area (Å²) in [6.07, 6.45) is 2.11. The first kappa shape index (κ1) is 25.4. The molecule has 190 valence electrons. The zero-order valence-electron chi connectivity index (χ0n) is 20.2. The lowest BCUT2D eigenvalue weighted by atomic mass is 10.1. The van der Waals surface area contributed by atoms with Gasteiger partial charge in [0.25, 0.3) is 0 Å². The third-order valence-corrected chi connectivity index (χ3v) is 7.48. The van der Waals surface area contributed by atoms with Gasteiger partial charge in [-0.05, 0) is 56.5 Å². The average Bonchev–Trinajstić information content (AvgIpc) is 3.60. The Kier molecular flexibility index (Phi) is 7.14. The number of nitrogens with zero attached hydrogens (tertiary/aromatic N) is 2. The summed E-state index contributed by atoms with van der Waals surface area (Å²) < 4.78 is 36.5. The molecule has 1 saturated carbocycles. The summed E-state index contributed by atoms with van der Waals surface area (Å²) in [6, 6.07) is 13.0. The molecule has 0 unspecified atom stereocenters. The van der Waals surface area contributed by atoms with Gasteiger partial charge in [0.15, 0.2) is 5.69 Å². The molecule has 1 aliphatic carbocycles. The van der Waals surface area contributed by atoms with Crippen LogP contribution in [0.2, 0.25) is 0 Å². The van der Waals surface area contributed by atoms with Crippen molar-refractivity contribution in [2.45, 2.75) is 51.0 Å². The minimum atomic E-state index is -4.00. The van der Waals surface area contributed by atoms with Crippen LogP contribution in [0.5, 0.6) is 11.6 Å². The predicted octanol–water partition coefficient (Wildman–Crippen LogP) is 4.10. The molecular weight excluding hydrogens is 484 g/mol. The molecule has 1 aliphatic rings. The molecule has 1 heterocycles. The fourth-order valence-electron chi connectivity index (χ4n) is 3.47. The highest BCUT2D eigenvalue weighted by Crippen LogP contribution is 2.36. The number of aromatic carboxylic acids is 1. The van der Waals surface area contributed by atoms with Crippen molar-refractivity contribution in [3.8, 4) is 17.3 Å². The van der Waals surface area contributed by atoms with E-state index < -0.39 is 16.0 Å². The van der Waals surface area contributed by atoms with Gasteiger partial charge in [-0.1, -0.05) is 32.0 Å². The number of carbonyl (C=O) groups is 2. The molecule has 3 N–H and O–H groups in total. The fraction of sp³-hybridized carbons (Fsp3) is 0.320. The molecule has 0 saturated heterocycles. The third kappa shape index (κ3) is 5.42. The lowest BCUT2D eigenvalue weighted by Crippen LogP contribution is -2.26. The number of carboxylic acids is 1. The number of amides is 1. The van der Waals surface area contributed by atoms with E-state index >= 15 is 0 Å². The largest absolute Gasteiger partial charge is 0.476 e. The van der Waals surface area contributed by atoms with Crippen LogP contribution in [0.4, 0.5) is 5.69 Å². The van der Waals surface area contributed by atoms with Crippen LogP contribution in [0, 0.1) is 12.8 Å². The molecule has 1 aromatic heterocycles. The van der Waals surface area contributed by atoms with Crippen molar-refractivity contribution in [1.29, 1.82) is 0 Å². The van der Waals surface area contributed by atoms with Crippen LogP contribution in [0.25, 0.3) is 5.69 Å². The Labute approximate surface area is 209 Å². The SMILES string of the molecule is CC[C@H](C)C(=O)Nc1ccc(Oc2c(C)c(C(=O)O)nn2-c2ccccc2)c(S(=O)(=O)NC2CC2)c1.